The molecule has 5 heterocycles. The maximum atomic E-state index is 15.7. The van der Waals surface area contributed by atoms with Crippen molar-refractivity contribution in [1.29, 1.82) is 5.26 Å². The van der Waals surface area contributed by atoms with Crippen molar-refractivity contribution in [2.24, 2.45) is 5.92 Å². The van der Waals surface area contributed by atoms with E-state index in [1.54, 1.807) is 6.07 Å². The second-order valence-electron chi connectivity index (χ2n) is 16.4. The van der Waals surface area contributed by atoms with E-state index in [2.05, 4.69) is 75.3 Å². The highest BCUT2D eigenvalue weighted by Gasteiger charge is 2.63. The number of ether oxygens (including phenoxy) is 2. The lowest BCUT2D eigenvalue weighted by Crippen LogP contribution is -2.65. The molecule has 2 saturated heterocycles. The molecule has 2 N–H and O–H groups in total. The van der Waals surface area contributed by atoms with Crippen LogP contribution in [0.15, 0.2) is 35.9 Å². The Labute approximate surface area is 356 Å². The monoisotopic (exact) mass is 932 g/mol. The molecule has 2 aliphatic heterocycles. The molecule has 0 spiro atoms. The third-order valence-electron chi connectivity index (χ3n) is 11.3. The second kappa shape index (κ2) is 19.6. The zero-order valence-corrected chi connectivity index (χ0v) is 39.6. The quantitative estimate of drug-likeness (QED) is 0.0818. The number of nitriles is 1. The molecule has 2 unspecified atom stereocenters. The van der Waals surface area contributed by atoms with Gasteiger partial charge in [0.2, 0.25) is 5.88 Å². The van der Waals surface area contributed by atoms with Gasteiger partial charge in [-0.3, -0.25) is 13.9 Å². The van der Waals surface area contributed by atoms with Gasteiger partial charge in [0.15, 0.2) is 17.7 Å². The molecule has 6 rings (SSSR count). The number of rotatable bonds is 17. The highest BCUT2D eigenvalue weighted by Crippen LogP contribution is 2.57. The van der Waals surface area contributed by atoms with Crippen molar-refractivity contribution in [2.75, 3.05) is 19.8 Å². The lowest BCUT2D eigenvalue weighted by Gasteiger charge is -2.51. The summed E-state index contributed by atoms with van der Waals surface area (Å²) in [5.74, 6) is -1.03. The van der Waals surface area contributed by atoms with Crippen LogP contribution in [-0.4, -0.2) is 96.9 Å². The van der Waals surface area contributed by atoms with E-state index in [0.717, 1.165) is 6.20 Å². The van der Waals surface area contributed by atoms with Gasteiger partial charge in [0.25, 0.3) is 5.56 Å². The summed E-state index contributed by atoms with van der Waals surface area (Å²) in [6.45, 7) is 12.5. The first-order valence-corrected chi connectivity index (χ1v) is 27.9. The number of nitrogens with one attached hydrogen (secondary N) is 1. The fourth-order valence-electron chi connectivity index (χ4n) is 8.44. The van der Waals surface area contributed by atoms with Crippen molar-refractivity contribution in [3.63, 3.8) is 0 Å². The SMILES string of the molecule is CC(C)[Si]1(C(C)C)OC[C@H]2O[C@@H](n3cc(F)c4c(=O)[nH]cnc43)[C@@H](OP(=S)(OCCC#N)OC[C@H]3C[C@@H](Oc4ccncn4)C[C@@H]3O[PH](=O)O)[C@@H]2O[Si](C(C)C)(C(C)C)O1. The zero-order valence-electron chi connectivity index (χ0n) is 34.9. The number of H-pyrrole nitrogens is 1. The Morgan fingerprint density at radius 2 is 1.83 bits per heavy atom. The van der Waals surface area contributed by atoms with Crippen LogP contribution in [0.3, 0.4) is 0 Å². The van der Waals surface area contributed by atoms with Gasteiger partial charge >= 0.3 is 32.1 Å². The van der Waals surface area contributed by atoms with Gasteiger partial charge in [-0.15, -0.1) is 0 Å². The molecule has 24 heteroatoms. The van der Waals surface area contributed by atoms with Crippen LogP contribution in [0.2, 0.25) is 22.2 Å². The summed E-state index contributed by atoms with van der Waals surface area (Å²) in [5.41, 5.74) is -0.790. The van der Waals surface area contributed by atoms with Crippen molar-refractivity contribution >= 4 is 54.9 Å². The van der Waals surface area contributed by atoms with Gasteiger partial charge in [0.05, 0.1) is 44.7 Å². The number of hydrogen-bond donors (Lipinski definition) is 2. The number of fused-ring (bicyclic) bond motifs is 2. The predicted octanol–water partition coefficient (Wildman–Crippen LogP) is 6.69. The first kappa shape index (κ1) is 47.2. The fourth-order valence-corrected chi connectivity index (χ4v) is 22.3. The van der Waals surface area contributed by atoms with Crippen molar-refractivity contribution < 1.29 is 54.4 Å². The van der Waals surface area contributed by atoms with Crippen molar-refractivity contribution in [1.82, 2.24) is 24.5 Å². The van der Waals surface area contributed by atoms with Crippen LogP contribution in [0, 0.1) is 23.1 Å². The number of halogens is 1. The zero-order chi connectivity index (χ0) is 43.6. The lowest BCUT2D eigenvalue weighted by molar-refractivity contribution is -0.0568. The van der Waals surface area contributed by atoms with Crippen LogP contribution in [0.1, 0.15) is 80.9 Å². The first-order valence-electron chi connectivity index (χ1n) is 20.1. The van der Waals surface area contributed by atoms with Gasteiger partial charge in [-0.2, -0.15) is 5.26 Å². The maximum Gasteiger partial charge on any atom is 0.335 e. The van der Waals surface area contributed by atoms with Gasteiger partial charge in [-0.05, 0) is 40.4 Å². The van der Waals surface area contributed by atoms with E-state index in [4.69, 9.17) is 52.3 Å². The number of aromatic nitrogens is 5. The van der Waals surface area contributed by atoms with Crippen molar-refractivity contribution in [2.45, 2.75) is 134 Å². The number of nitrogens with zero attached hydrogens (tertiary/aromatic N) is 5. The average molecular weight is 933 g/mol. The first-order chi connectivity index (χ1) is 28.4. The molecule has 1 saturated carbocycles. The standard InChI is InChI=1S/C36H55FN6O12P2SSi2/c1-21(2)59(22(3)4)49-18-29-32(54-60(55-59,23(5)6)24(7)8)33(36(51-29)43-16-27(37)31-34(43)41-20-42-35(31)44)53-57(58,47-13-9-11-38)48-17-25-14-26(15-28(25)52-56(45)46)50-30-10-12-39-19-40-30/h10,12,16,19-26,28-29,32-33,36,56H,9,13-15,17-18H2,1-8H3,(H,45,46)(H,41,42,44)/t25-,26-,28+,29-,32-,33+,36-,57?/m1/s1. The van der Waals surface area contributed by atoms with Gasteiger partial charge in [0.1, 0.15) is 36.1 Å². The molecule has 3 aliphatic rings. The van der Waals surface area contributed by atoms with E-state index in [-0.39, 0.29) is 65.9 Å². The normalized spacial score (nSPS) is 28.1. The fraction of sp³-hybridized carbons (Fsp3) is 0.694. The Morgan fingerprint density at radius 3 is 2.47 bits per heavy atom. The summed E-state index contributed by atoms with van der Waals surface area (Å²) in [7, 11) is -9.72. The van der Waals surface area contributed by atoms with Gasteiger partial charge < -0.3 is 50.5 Å². The molecule has 332 valence electrons. The lowest BCUT2D eigenvalue weighted by atomic mass is 10.1. The third-order valence-corrected chi connectivity index (χ3v) is 24.4. The molecule has 60 heavy (non-hydrogen) atoms. The predicted molar refractivity (Wildman–Crippen MR) is 225 cm³/mol. The molecular formula is C36H55FN6O12P2SSi2. The molecule has 3 aromatic rings. The minimum absolute atomic E-state index is 0.00915. The Balaban J connectivity index is 1.41. The van der Waals surface area contributed by atoms with E-state index < -0.39 is 86.1 Å². The maximum absolute atomic E-state index is 15.7. The van der Waals surface area contributed by atoms with Crippen LogP contribution in [0.25, 0.3) is 11.0 Å². The average Bonchev–Trinajstić information content (AvgIpc) is 3.82. The largest absolute Gasteiger partial charge is 0.474 e. The van der Waals surface area contributed by atoms with Crippen LogP contribution in [-0.2, 0) is 52.2 Å². The highest BCUT2D eigenvalue weighted by molar-refractivity contribution is 8.07. The number of aromatic amines is 1. The van der Waals surface area contributed by atoms with Crippen LogP contribution in [0.5, 0.6) is 5.88 Å². The molecule has 0 bridgehead atoms. The molecule has 3 fully saturated rings. The molecule has 9 atom stereocenters. The van der Waals surface area contributed by atoms with Gasteiger partial charge in [-0.1, -0.05) is 55.4 Å². The summed E-state index contributed by atoms with van der Waals surface area (Å²) < 4.78 is 88.6. The summed E-state index contributed by atoms with van der Waals surface area (Å²) >= 11 is 6.12. The minimum Gasteiger partial charge on any atom is -0.474 e. The topological polar surface area (TPSA) is 221 Å². The Kier molecular flexibility index (Phi) is 15.4. The van der Waals surface area contributed by atoms with E-state index in [9.17, 15) is 19.5 Å². The van der Waals surface area contributed by atoms with Gasteiger partial charge in [0, 0.05) is 30.8 Å². The van der Waals surface area contributed by atoms with E-state index in [0.29, 0.717) is 12.3 Å². The number of hydrogen-bond acceptors (Lipinski definition) is 16. The smallest absolute Gasteiger partial charge is 0.335 e. The minimum atomic E-state index is -3.93. The summed E-state index contributed by atoms with van der Waals surface area (Å²) in [6, 6.07) is 3.64. The van der Waals surface area contributed by atoms with E-state index in [1.165, 1.54) is 23.4 Å². The van der Waals surface area contributed by atoms with Crippen molar-refractivity contribution in [3.8, 4) is 11.9 Å². The molecule has 18 nitrogen and oxygen atoms in total. The second-order valence-corrected chi connectivity index (χ2v) is 29.0. The third kappa shape index (κ3) is 9.90. The molecule has 0 radical (unpaired) electrons. The van der Waals surface area contributed by atoms with Gasteiger partial charge in [-0.25, -0.2) is 19.3 Å². The van der Waals surface area contributed by atoms with Crippen LogP contribution < -0.4 is 10.3 Å². The molecule has 1 aliphatic carbocycles. The Bertz CT molecular complexity index is 2100. The van der Waals surface area contributed by atoms with Crippen molar-refractivity contribution in [3.05, 3.63) is 47.3 Å². The summed E-state index contributed by atoms with van der Waals surface area (Å²) in [4.78, 5) is 37.5. The van der Waals surface area contributed by atoms with Crippen LogP contribution in [0.4, 0.5) is 4.39 Å². The highest BCUT2D eigenvalue weighted by atomic mass is 32.5. The van der Waals surface area contributed by atoms with Crippen LogP contribution >= 0.6 is 15.0 Å². The van der Waals surface area contributed by atoms with E-state index in [1.807, 2.05) is 6.07 Å². The van der Waals surface area contributed by atoms with E-state index >= 15 is 4.39 Å². The molecule has 0 amide bonds. The summed E-state index contributed by atoms with van der Waals surface area (Å²) in [6.07, 6.45) is 0.328. The molecule has 0 aromatic carbocycles. The summed E-state index contributed by atoms with van der Waals surface area (Å²) in [5, 5.41) is 9.19. The Hall–Kier alpha value is -2.33. The molecule has 3 aromatic heterocycles. The Morgan fingerprint density at radius 1 is 1.12 bits per heavy atom. The molecular weight excluding hydrogens is 878 g/mol.